The van der Waals surface area contributed by atoms with Crippen LogP contribution >= 0.6 is 27.3 Å². The first-order valence-corrected chi connectivity index (χ1v) is 7.72. The third-order valence-corrected chi connectivity index (χ3v) is 4.24. The molecule has 0 unspecified atom stereocenters. The second-order valence-electron chi connectivity index (χ2n) is 4.48. The maximum absolute atomic E-state index is 12.0. The van der Waals surface area contributed by atoms with Crippen molar-refractivity contribution in [3.8, 4) is 0 Å². The zero-order chi connectivity index (χ0) is 13.8. The molecule has 0 atom stereocenters. The number of aromatic nitrogens is 1. The summed E-state index contributed by atoms with van der Waals surface area (Å²) in [6, 6.07) is 7.38. The van der Waals surface area contributed by atoms with Crippen molar-refractivity contribution in [2.45, 2.75) is 26.3 Å². The molecule has 1 N–H and O–H groups in total. The van der Waals surface area contributed by atoms with Crippen LogP contribution in [0.3, 0.4) is 0 Å². The van der Waals surface area contributed by atoms with Crippen molar-refractivity contribution in [3.63, 3.8) is 0 Å². The van der Waals surface area contributed by atoms with E-state index in [0.29, 0.717) is 18.0 Å². The van der Waals surface area contributed by atoms with E-state index < -0.39 is 0 Å². The highest BCUT2D eigenvalue weighted by Crippen LogP contribution is 2.18. The smallest absolute Gasteiger partial charge is 0.252 e. The molecule has 0 spiro atoms. The number of nitrogens with one attached hydrogen (secondary N) is 1. The topological polar surface area (TPSA) is 42.0 Å². The summed E-state index contributed by atoms with van der Waals surface area (Å²) in [6.07, 6.45) is 0. The summed E-state index contributed by atoms with van der Waals surface area (Å²) < 4.78 is 0.800. The largest absolute Gasteiger partial charge is 0.345 e. The van der Waals surface area contributed by atoms with Crippen molar-refractivity contribution in [2.75, 3.05) is 0 Å². The van der Waals surface area contributed by atoms with Crippen LogP contribution in [0.5, 0.6) is 0 Å². The first-order chi connectivity index (χ1) is 9.08. The molecule has 1 amide bonds. The predicted octanol–water partition coefficient (Wildman–Crippen LogP) is 3.96. The van der Waals surface area contributed by atoms with Crippen molar-refractivity contribution in [3.05, 3.63) is 50.4 Å². The van der Waals surface area contributed by atoms with E-state index in [4.69, 9.17) is 0 Å². The van der Waals surface area contributed by atoms with Gasteiger partial charge in [0.1, 0.15) is 5.01 Å². The van der Waals surface area contributed by atoms with Gasteiger partial charge in [-0.15, -0.1) is 11.3 Å². The number of carbonyl (C=O) groups excluding carboxylic acids is 1. The first kappa shape index (κ1) is 14.2. The van der Waals surface area contributed by atoms with Crippen molar-refractivity contribution >= 4 is 33.2 Å². The van der Waals surface area contributed by atoms with Crippen molar-refractivity contribution < 1.29 is 4.79 Å². The third-order valence-electron chi connectivity index (χ3n) is 2.68. The van der Waals surface area contributed by atoms with Gasteiger partial charge in [-0.3, -0.25) is 4.79 Å². The number of rotatable bonds is 4. The molecule has 0 saturated heterocycles. The van der Waals surface area contributed by atoms with Crippen molar-refractivity contribution in [1.29, 1.82) is 0 Å². The zero-order valence-corrected chi connectivity index (χ0v) is 13.2. The summed E-state index contributed by atoms with van der Waals surface area (Å²) in [6.45, 7) is 4.69. The van der Waals surface area contributed by atoms with E-state index in [1.165, 1.54) is 0 Å². The predicted molar refractivity (Wildman–Crippen MR) is 81.5 cm³/mol. The molecule has 0 aliphatic rings. The highest BCUT2D eigenvalue weighted by molar-refractivity contribution is 9.10. The Kier molecular flexibility index (Phi) is 4.71. The number of halogens is 1. The summed E-state index contributed by atoms with van der Waals surface area (Å²) in [5.41, 5.74) is 1.72. The minimum atomic E-state index is -0.0891. The van der Waals surface area contributed by atoms with Gasteiger partial charge in [0.05, 0.1) is 17.8 Å². The second kappa shape index (κ2) is 6.30. The Bertz CT molecular complexity index is 580. The fourth-order valence-corrected chi connectivity index (χ4v) is 2.93. The van der Waals surface area contributed by atoms with Gasteiger partial charge in [-0.2, -0.15) is 0 Å². The number of thiazole rings is 1. The molecule has 1 aromatic heterocycles. The summed E-state index contributed by atoms with van der Waals surface area (Å²) >= 11 is 4.95. The SMILES string of the molecule is CC(C)c1csc(CNC(=O)c2ccccc2Br)n1. The van der Waals surface area contributed by atoms with Gasteiger partial charge in [-0.25, -0.2) is 4.98 Å². The molecule has 1 heterocycles. The first-order valence-electron chi connectivity index (χ1n) is 6.05. The summed E-state index contributed by atoms with van der Waals surface area (Å²) in [5.74, 6) is 0.331. The van der Waals surface area contributed by atoms with Gasteiger partial charge in [-0.1, -0.05) is 26.0 Å². The monoisotopic (exact) mass is 338 g/mol. The molecular weight excluding hydrogens is 324 g/mol. The van der Waals surface area contributed by atoms with Crippen molar-refractivity contribution in [2.24, 2.45) is 0 Å². The van der Waals surface area contributed by atoms with E-state index in [1.54, 1.807) is 17.4 Å². The van der Waals surface area contributed by atoms with Gasteiger partial charge in [-0.05, 0) is 34.0 Å². The number of carbonyl (C=O) groups is 1. The van der Waals surface area contributed by atoms with Crippen LogP contribution in [0, 0.1) is 0 Å². The molecule has 0 aliphatic carbocycles. The minimum absolute atomic E-state index is 0.0891. The lowest BCUT2D eigenvalue weighted by Gasteiger charge is -2.05. The number of benzene rings is 1. The fourth-order valence-electron chi connectivity index (χ4n) is 1.57. The second-order valence-corrected chi connectivity index (χ2v) is 6.28. The molecule has 0 saturated carbocycles. The molecular formula is C14H15BrN2OS. The lowest BCUT2D eigenvalue weighted by molar-refractivity contribution is 0.0950. The lowest BCUT2D eigenvalue weighted by Crippen LogP contribution is -2.23. The highest BCUT2D eigenvalue weighted by Gasteiger charge is 2.10. The van der Waals surface area contributed by atoms with Crippen LogP contribution in [0.1, 0.15) is 40.8 Å². The molecule has 2 rings (SSSR count). The molecule has 0 radical (unpaired) electrons. The van der Waals surface area contributed by atoms with Gasteiger partial charge in [0.15, 0.2) is 0 Å². The Morgan fingerprint density at radius 3 is 2.79 bits per heavy atom. The lowest BCUT2D eigenvalue weighted by atomic mass is 10.2. The van der Waals surface area contributed by atoms with Crippen LogP contribution in [0.15, 0.2) is 34.1 Å². The number of hydrogen-bond acceptors (Lipinski definition) is 3. The molecule has 100 valence electrons. The number of amides is 1. The van der Waals surface area contributed by atoms with Crippen molar-refractivity contribution in [1.82, 2.24) is 10.3 Å². The Hall–Kier alpha value is -1.20. The number of hydrogen-bond donors (Lipinski definition) is 1. The molecule has 0 fully saturated rings. The van der Waals surface area contributed by atoms with Gasteiger partial charge < -0.3 is 5.32 Å². The molecule has 3 nitrogen and oxygen atoms in total. The standard InChI is InChI=1S/C14H15BrN2OS/c1-9(2)12-8-19-13(17-12)7-16-14(18)10-5-3-4-6-11(10)15/h3-6,8-9H,7H2,1-2H3,(H,16,18). The van der Waals surface area contributed by atoms with Crippen LogP contribution in [0.2, 0.25) is 0 Å². The van der Waals surface area contributed by atoms with Crippen LogP contribution in [-0.4, -0.2) is 10.9 Å². The Labute approximate surface area is 125 Å². The zero-order valence-electron chi connectivity index (χ0n) is 10.8. The fraction of sp³-hybridized carbons (Fsp3) is 0.286. The molecule has 5 heteroatoms. The van der Waals surface area contributed by atoms with Gasteiger partial charge >= 0.3 is 0 Å². The quantitative estimate of drug-likeness (QED) is 0.916. The maximum Gasteiger partial charge on any atom is 0.252 e. The van der Waals surface area contributed by atoms with E-state index in [-0.39, 0.29) is 5.91 Å². The average molecular weight is 339 g/mol. The van der Waals surface area contributed by atoms with E-state index in [2.05, 4.69) is 40.1 Å². The Morgan fingerprint density at radius 2 is 2.16 bits per heavy atom. The van der Waals surface area contributed by atoms with Gasteiger partial charge in [0, 0.05) is 9.85 Å². The molecule has 19 heavy (non-hydrogen) atoms. The van der Waals surface area contributed by atoms with Crippen LogP contribution in [-0.2, 0) is 6.54 Å². The van der Waals surface area contributed by atoms with Crippen LogP contribution < -0.4 is 5.32 Å². The van der Waals surface area contributed by atoms with E-state index in [9.17, 15) is 4.79 Å². The third kappa shape index (κ3) is 3.64. The van der Waals surface area contributed by atoms with Crippen LogP contribution in [0.4, 0.5) is 0 Å². The highest BCUT2D eigenvalue weighted by atomic mass is 79.9. The van der Waals surface area contributed by atoms with E-state index in [0.717, 1.165) is 15.2 Å². The summed E-state index contributed by atoms with van der Waals surface area (Å²) in [4.78, 5) is 16.5. The van der Waals surface area contributed by atoms with E-state index in [1.807, 2.05) is 23.6 Å². The van der Waals surface area contributed by atoms with Gasteiger partial charge in [0.25, 0.3) is 5.91 Å². The summed E-state index contributed by atoms with van der Waals surface area (Å²) in [7, 11) is 0. The summed E-state index contributed by atoms with van der Waals surface area (Å²) in [5, 5.41) is 5.87. The maximum atomic E-state index is 12.0. The average Bonchev–Trinajstić information content (AvgIpc) is 2.85. The number of nitrogens with zero attached hydrogens (tertiary/aromatic N) is 1. The van der Waals surface area contributed by atoms with Gasteiger partial charge in [0.2, 0.25) is 0 Å². The van der Waals surface area contributed by atoms with E-state index >= 15 is 0 Å². The van der Waals surface area contributed by atoms with Crippen LogP contribution in [0.25, 0.3) is 0 Å². The molecule has 0 bridgehead atoms. The normalized spacial score (nSPS) is 10.7. The Morgan fingerprint density at radius 1 is 1.42 bits per heavy atom. The minimum Gasteiger partial charge on any atom is -0.345 e. The molecule has 2 aromatic rings. The Balaban J connectivity index is 1.98. The molecule has 1 aromatic carbocycles. The molecule has 0 aliphatic heterocycles.